The minimum absolute atomic E-state index is 0.0209. The van der Waals surface area contributed by atoms with Crippen molar-refractivity contribution >= 4 is 50.3 Å². The molecule has 7 nitrogen and oxygen atoms in total. The number of hydrogen-bond donors (Lipinski definition) is 4. The van der Waals surface area contributed by atoms with E-state index in [0.29, 0.717) is 16.8 Å². The lowest BCUT2D eigenvalue weighted by atomic mass is 10.1. The Labute approximate surface area is 163 Å². The number of carbonyl (C=O) groups is 1. The number of benzene rings is 2. The molecule has 0 saturated carbocycles. The second kappa shape index (κ2) is 7.10. The van der Waals surface area contributed by atoms with Gasteiger partial charge in [-0.15, -0.1) is 11.3 Å². The summed E-state index contributed by atoms with van der Waals surface area (Å²) < 4.78 is 27.8. The molecule has 0 aliphatic carbocycles. The number of carboxylic acids is 1. The monoisotopic (exact) mass is 424 g/mol. The molecule has 0 saturated heterocycles. The summed E-state index contributed by atoms with van der Waals surface area (Å²) in [5, 5.41) is 18.6. The number of thiophene rings is 1. The summed E-state index contributed by atoms with van der Waals surface area (Å²) in [5.74, 6) is -1.87. The van der Waals surface area contributed by atoms with Gasteiger partial charge in [0.2, 0.25) is 0 Å². The van der Waals surface area contributed by atoms with Gasteiger partial charge in [-0.05, 0) is 35.9 Å². The second-order valence-corrected chi connectivity index (χ2v) is 9.08. The van der Waals surface area contributed by atoms with Crippen molar-refractivity contribution in [3.63, 3.8) is 0 Å². The van der Waals surface area contributed by atoms with E-state index >= 15 is 0 Å². The number of sulfonamides is 1. The molecule has 0 fully saturated rings. The molecule has 0 amide bonds. The lowest BCUT2D eigenvalue weighted by Gasteiger charge is -2.07. The van der Waals surface area contributed by atoms with E-state index < -0.39 is 21.7 Å². The molecule has 5 N–H and O–H groups in total. The third kappa shape index (κ3) is 4.00. The number of carboxylic acid groups (broad SMARTS) is 1. The van der Waals surface area contributed by atoms with Crippen molar-refractivity contribution in [3.8, 4) is 16.9 Å². The van der Waals surface area contributed by atoms with Crippen molar-refractivity contribution < 1.29 is 23.4 Å². The minimum Gasteiger partial charge on any atom is -0.507 e. The molecule has 1 heterocycles. The number of aromatic hydroxyl groups is 1. The van der Waals surface area contributed by atoms with Crippen LogP contribution in [0.1, 0.15) is 10.4 Å². The first-order valence-corrected chi connectivity index (χ1v) is 10.1. The molecular formula is C17H13ClN2O5S2. The zero-order valence-corrected chi connectivity index (χ0v) is 15.9. The van der Waals surface area contributed by atoms with Crippen LogP contribution in [0.4, 0.5) is 11.4 Å². The van der Waals surface area contributed by atoms with Crippen LogP contribution in [0.2, 0.25) is 4.34 Å². The Balaban J connectivity index is 1.93. The van der Waals surface area contributed by atoms with E-state index in [-0.39, 0.29) is 19.8 Å². The van der Waals surface area contributed by atoms with E-state index in [2.05, 4.69) is 4.72 Å². The average Bonchev–Trinajstić information content (AvgIpc) is 2.97. The third-order valence-electron chi connectivity index (χ3n) is 3.61. The number of nitrogens with one attached hydrogen (secondary N) is 1. The number of halogens is 1. The van der Waals surface area contributed by atoms with Gasteiger partial charge in [0.15, 0.2) is 0 Å². The Bertz CT molecular complexity index is 1140. The van der Waals surface area contributed by atoms with Gasteiger partial charge in [0, 0.05) is 17.3 Å². The molecule has 140 valence electrons. The molecule has 0 aliphatic heterocycles. The van der Waals surface area contributed by atoms with Crippen LogP contribution in [-0.4, -0.2) is 24.6 Å². The number of rotatable bonds is 5. The van der Waals surface area contributed by atoms with Crippen LogP contribution in [0.25, 0.3) is 11.1 Å². The predicted octanol–water partition coefficient (Wildman–Crippen LogP) is 3.86. The molecule has 0 unspecified atom stereocenters. The second-order valence-electron chi connectivity index (χ2n) is 5.52. The average molecular weight is 425 g/mol. The van der Waals surface area contributed by atoms with E-state index in [1.54, 1.807) is 24.3 Å². The van der Waals surface area contributed by atoms with Gasteiger partial charge in [-0.2, -0.15) is 0 Å². The lowest BCUT2D eigenvalue weighted by Crippen LogP contribution is -2.11. The van der Waals surface area contributed by atoms with Crippen LogP contribution in [0, 0.1) is 0 Å². The molecular weight excluding hydrogens is 412 g/mol. The molecule has 3 aromatic rings. The quantitative estimate of drug-likeness (QED) is 0.460. The summed E-state index contributed by atoms with van der Waals surface area (Å²) >= 11 is 7.07. The SMILES string of the molecule is Nc1cccc(-c2cc(S(=O)(=O)Nc3ccc(C(=O)O)c(O)c3)sc2Cl)c1. The normalized spacial score (nSPS) is 11.3. The summed E-state index contributed by atoms with van der Waals surface area (Å²) in [5.41, 5.74) is 7.17. The number of nitrogens with two attached hydrogens (primary N) is 1. The molecule has 0 atom stereocenters. The van der Waals surface area contributed by atoms with Gasteiger partial charge in [-0.25, -0.2) is 13.2 Å². The lowest BCUT2D eigenvalue weighted by molar-refractivity contribution is 0.0694. The molecule has 0 radical (unpaired) electrons. The molecule has 10 heteroatoms. The highest BCUT2D eigenvalue weighted by Crippen LogP contribution is 2.39. The first-order chi connectivity index (χ1) is 12.7. The van der Waals surface area contributed by atoms with Crippen molar-refractivity contribution in [2.75, 3.05) is 10.5 Å². The van der Waals surface area contributed by atoms with E-state index in [9.17, 15) is 18.3 Å². The number of anilines is 2. The van der Waals surface area contributed by atoms with E-state index in [0.717, 1.165) is 23.5 Å². The van der Waals surface area contributed by atoms with Gasteiger partial charge in [0.1, 0.15) is 19.9 Å². The fraction of sp³-hybridized carbons (Fsp3) is 0. The summed E-state index contributed by atoms with van der Waals surface area (Å²) in [6, 6.07) is 11.7. The Kier molecular flexibility index (Phi) is 5.01. The van der Waals surface area contributed by atoms with Crippen LogP contribution in [0.15, 0.2) is 52.7 Å². The predicted molar refractivity (Wildman–Crippen MR) is 105 cm³/mol. The van der Waals surface area contributed by atoms with Crippen LogP contribution in [0.3, 0.4) is 0 Å². The largest absolute Gasteiger partial charge is 0.507 e. The molecule has 0 bridgehead atoms. The summed E-state index contributed by atoms with van der Waals surface area (Å²) in [6.07, 6.45) is 0. The first-order valence-electron chi connectivity index (χ1n) is 7.42. The molecule has 3 rings (SSSR count). The first kappa shape index (κ1) is 19.0. The molecule has 27 heavy (non-hydrogen) atoms. The van der Waals surface area contributed by atoms with Gasteiger partial charge in [-0.3, -0.25) is 4.72 Å². The van der Waals surface area contributed by atoms with Crippen molar-refractivity contribution in [2.24, 2.45) is 0 Å². The van der Waals surface area contributed by atoms with Crippen LogP contribution in [0.5, 0.6) is 5.75 Å². The highest BCUT2D eigenvalue weighted by atomic mass is 35.5. The van der Waals surface area contributed by atoms with E-state index in [1.165, 1.54) is 12.1 Å². The Morgan fingerprint density at radius 1 is 1.15 bits per heavy atom. The van der Waals surface area contributed by atoms with Gasteiger partial charge in [-0.1, -0.05) is 23.7 Å². The van der Waals surface area contributed by atoms with Crippen LogP contribution < -0.4 is 10.5 Å². The van der Waals surface area contributed by atoms with Gasteiger partial charge in [0.25, 0.3) is 10.0 Å². The van der Waals surface area contributed by atoms with E-state index in [4.69, 9.17) is 22.4 Å². The minimum atomic E-state index is -3.99. The van der Waals surface area contributed by atoms with Gasteiger partial charge < -0.3 is 15.9 Å². The van der Waals surface area contributed by atoms with Crippen molar-refractivity contribution in [1.82, 2.24) is 0 Å². The highest BCUT2D eigenvalue weighted by molar-refractivity contribution is 7.94. The maximum Gasteiger partial charge on any atom is 0.339 e. The van der Waals surface area contributed by atoms with Gasteiger partial charge in [0.05, 0.1) is 5.69 Å². The van der Waals surface area contributed by atoms with Crippen molar-refractivity contribution in [2.45, 2.75) is 4.21 Å². The molecule has 0 spiro atoms. The topological polar surface area (TPSA) is 130 Å². The zero-order valence-electron chi connectivity index (χ0n) is 13.5. The number of phenols is 1. The Morgan fingerprint density at radius 3 is 2.52 bits per heavy atom. The number of hydrogen-bond acceptors (Lipinski definition) is 6. The highest BCUT2D eigenvalue weighted by Gasteiger charge is 2.21. The maximum atomic E-state index is 12.6. The van der Waals surface area contributed by atoms with Gasteiger partial charge >= 0.3 is 5.97 Å². The fourth-order valence-electron chi connectivity index (χ4n) is 2.36. The number of aromatic carboxylic acids is 1. The van der Waals surface area contributed by atoms with Crippen LogP contribution in [-0.2, 0) is 10.0 Å². The Morgan fingerprint density at radius 2 is 1.89 bits per heavy atom. The molecule has 0 aliphatic rings. The van der Waals surface area contributed by atoms with E-state index in [1.807, 2.05) is 0 Å². The molecule has 1 aromatic heterocycles. The summed E-state index contributed by atoms with van der Waals surface area (Å²) in [6.45, 7) is 0. The van der Waals surface area contributed by atoms with Crippen molar-refractivity contribution in [1.29, 1.82) is 0 Å². The standard InChI is InChI=1S/C17H13ClN2O5S2/c18-16-13(9-2-1-3-10(19)6-9)8-15(26-16)27(24,25)20-11-4-5-12(17(22)23)14(21)7-11/h1-8,20-21H,19H2,(H,22,23). The zero-order chi connectivity index (χ0) is 19.8. The van der Waals surface area contributed by atoms with Crippen LogP contribution >= 0.6 is 22.9 Å². The smallest absolute Gasteiger partial charge is 0.339 e. The van der Waals surface area contributed by atoms with Crippen molar-refractivity contribution in [3.05, 3.63) is 58.4 Å². The maximum absolute atomic E-state index is 12.6. The fourth-order valence-corrected chi connectivity index (χ4v) is 5.18. The summed E-state index contributed by atoms with van der Waals surface area (Å²) in [4.78, 5) is 10.9. The number of nitrogen functional groups attached to an aromatic ring is 1. The molecule has 2 aromatic carbocycles. The summed E-state index contributed by atoms with van der Waals surface area (Å²) in [7, 11) is -3.99. The third-order valence-corrected chi connectivity index (χ3v) is 6.82. The Hall–Kier alpha value is -2.75.